The number of hydrogen-bond donors (Lipinski definition) is 2. The lowest BCUT2D eigenvalue weighted by molar-refractivity contribution is 0.102. The van der Waals surface area contributed by atoms with Crippen molar-refractivity contribution in [1.82, 2.24) is 9.38 Å². The van der Waals surface area contributed by atoms with Crippen molar-refractivity contribution in [2.24, 2.45) is 0 Å². The number of hydrogen-bond acceptors (Lipinski definition) is 3. The van der Waals surface area contributed by atoms with Gasteiger partial charge < -0.3 is 11.1 Å². The molecule has 5 nitrogen and oxygen atoms in total. The largest absolute Gasteiger partial charge is 0.399 e. The molecule has 2 aromatic heterocycles. The van der Waals surface area contributed by atoms with Gasteiger partial charge in [0.05, 0.1) is 17.6 Å². The lowest BCUT2D eigenvalue weighted by atomic mass is 10.1. The topological polar surface area (TPSA) is 72.4 Å². The summed E-state index contributed by atoms with van der Waals surface area (Å²) in [4.78, 5) is 16.9. The molecule has 122 valence electrons. The molecule has 0 aliphatic rings. The van der Waals surface area contributed by atoms with Crippen molar-refractivity contribution in [1.29, 1.82) is 0 Å². The van der Waals surface area contributed by atoms with Crippen LogP contribution < -0.4 is 11.1 Å². The van der Waals surface area contributed by atoms with Gasteiger partial charge in [0.15, 0.2) is 5.65 Å². The Labute approximate surface area is 144 Å². The van der Waals surface area contributed by atoms with Crippen LogP contribution in [0.1, 0.15) is 10.4 Å². The third-order valence-corrected chi connectivity index (χ3v) is 4.03. The van der Waals surface area contributed by atoms with Crippen LogP contribution >= 0.6 is 0 Å². The molecule has 2 heterocycles. The second-order valence-electron chi connectivity index (χ2n) is 5.70. The predicted octanol–water partition coefficient (Wildman–Crippen LogP) is 3.84. The van der Waals surface area contributed by atoms with Gasteiger partial charge in [-0.15, -0.1) is 0 Å². The van der Waals surface area contributed by atoms with Crippen molar-refractivity contribution in [3.05, 3.63) is 84.7 Å². The quantitative estimate of drug-likeness (QED) is 0.561. The number of nitrogens with one attached hydrogen (secondary N) is 1. The molecule has 0 saturated carbocycles. The van der Waals surface area contributed by atoms with Gasteiger partial charge in [0.25, 0.3) is 5.91 Å². The highest BCUT2D eigenvalue weighted by Crippen LogP contribution is 2.25. The Kier molecular flexibility index (Phi) is 3.67. The number of imidazole rings is 1. The van der Waals surface area contributed by atoms with Gasteiger partial charge in [-0.2, -0.15) is 0 Å². The van der Waals surface area contributed by atoms with Crippen LogP contribution in [0.25, 0.3) is 16.9 Å². The molecule has 0 fully saturated rings. The number of nitrogens with zero attached hydrogens (tertiary/aromatic N) is 2. The highest BCUT2D eigenvalue weighted by molar-refractivity contribution is 6.06. The monoisotopic (exact) mass is 328 g/mol. The molecule has 0 unspecified atom stereocenters. The number of benzene rings is 2. The SMILES string of the molecule is Nc1ccc(-c2cnc3c(NC(=O)c4ccccc4)cccn23)cc1. The van der Waals surface area contributed by atoms with Gasteiger partial charge in [0.2, 0.25) is 0 Å². The van der Waals surface area contributed by atoms with Gasteiger partial charge in [-0.05, 0) is 36.4 Å². The molecule has 2 aromatic carbocycles. The smallest absolute Gasteiger partial charge is 0.255 e. The Morgan fingerprint density at radius 1 is 0.960 bits per heavy atom. The van der Waals surface area contributed by atoms with E-state index in [0.29, 0.717) is 22.6 Å². The molecule has 0 aliphatic carbocycles. The summed E-state index contributed by atoms with van der Waals surface area (Å²) >= 11 is 0. The zero-order valence-electron chi connectivity index (χ0n) is 13.4. The first kappa shape index (κ1) is 15.0. The molecular formula is C20H16N4O. The Morgan fingerprint density at radius 2 is 1.72 bits per heavy atom. The lowest BCUT2D eigenvalue weighted by Gasteiger charge is -2.08. The predicted molar refractivity (Wildman–Crippen MR) is 99.4 cm³/mol. The van der Waals surface area contributed by atoms with E-state index in [1.807, 2.05) is 65.2 Å². The van der Waals surface area contributed by atoms with E-state index in [4.69, 9.17) is 5.73 Å². The van der Waals surface area contributed by atoms with Crippen LogP contribution in [-0.4, -0.2) is 15.3 Å². The fourth-order valence-electron chi connectivity index (χ4n) is 2.76. The van der Waals surface area contributed by atoms with E-state index in [1.54, 1.807) is 18.3 Å². The fraction of sp³-hybridized carbons (Fsp3) is 0. The molecule has 3 N–H and O–H groups in total. The Bertz CT molecular complexity index is 1040. The van der Waals surface area contributed by atoms with Crippen molar-refractivity contribution >= 4 is 22.9 Å². The third kappa shape index (κ3) is 2.83. The minimum absolute atomic E-state index is 0.161. The van der Waals surface area contributed by atoms with E-state index >= 15 is 0 Å². The summed E-state index contributed by atoms with van der Waals surface area (Å²) in [5, 5.41) is 2.93. The van der Waals surface area contributed by atoms with Crippen molar-refractivity contribution in [2.45, 2.75) is 0 Å². The van der Waals surface area contributed by atoms with Crippen LogP contribution in [0, 0.1) is 0 Å². The van der Waals surface area contributed by atoms with Gasteiger partial charge in [-0.3, -0.25) is 9.20 Å². The Hall–Kier alpha value is -3.60. The third-order valence-electron chi connectivity index (χ3n) is 4.03. The molecule has 4 rings (SSSR count). The molecule has 0 aliphatic heterocycles. The molecule has 0 spiro atoms. The second-order valence-corrected chi connectivity index (χ2v) is 5.70. The van der Waals surface area contributed by atoms with Crippen LogP contribution in [0.4, 0.5) is 11.4 Å². The van der Waals surface area contributed by atoms with Crippen LogP contribution in [0.3, 0.4) is 0 Å². The minimum Gasteiger partial charge on any atom is -0.399 e. The van der Waals surface area contributed by atoms with E-state index in [-0.39, 0.29) is 5.91 Å². The summed E-state index contributed by atoms with van der Waals surface area (Å²) in [5.41, 5.74) is 10.4. The van der Waals surface area contributed by atoms with Gasteiger partial charge in [-0.1, -0.05) is 30.3 Å². The second kappa shape index (κ2) is 6.13. The molecular weight excluding hydrogens is 312 g/mol. The summed E-state index contributed by atoms with van der Waals surface area (Å²) in [6, 6.07) is 20.5. The summed E-state index contributed by atoms with van der Waals surface area (Å²) < 4.78 is 1.95. The standard InChI is InChI=1S/C20H16N4O/c21-16-10-8-14(9-11-16)18-13-22-19-17(7-4-12-24(18)19)23-20(25)15-5-2-1-3-6-15/h1-13H,21H2,(H,23,25). The van der Waals surface area contributed by atoms with Crippen molar-refractivity contribution < 1.29 is 4.79 Å². The van der Waals surface area contributed by atoms with E-state index in [9.17, 15) is 4.79 Å². The fourth-order valence-corrected chi connectivity index (χ4v) is 2.76. The first-order valence-electron chi connectivity index (χ1n) is 7.91. The molecule has 0 radical (unpaired) electrons. The highest BCUT2D eigenvalue weighted by Gasteiger charge is 2.12. The lowest BCUT2D eigenvalue weighted by Crippen LogP contribution is -2.12. The molecule has 0 bridgehead atoms. The van der Waals surface area contributed by atoms with Crippen LogP contribution in [0.15, 0.2) is 79.1 Å². The normalized spacial score (nSPS) is 10.7. The minimum atomic E-state index is -0.161. The number of carbonyl (C=O) groups is 1. The van der Waals surface area contributed by atoms with E-state index in [2.05, 4.69) is 10.3 Å². The van der Waals surface area contributed by atoms with Gasteiger partial charge in [0.1, 0.15) is 0 Å². The first-order valence-corrected chi connectivity index (χ1v) is 7.91. The summed E-state index contributed by atoms with van der Waals surface area (Å²) in [5.74, 6) is -0.161. The number of rotatable bonds is 3. The average Bonchev–Trinajstić information content (AvgIpc) is 3.08. The number of amides is 1. The van der Waals surface area contributed by atoms with Crippen molar-refractivity contribution in [2.75, 3.05) is 11.1 Å². The first-order chi connectivity index (χ1) is 12.2. The number of carbonyl (C=O) groups excluding carboxylic acids is 1. The number of aromatic nitrogens is 2. The maximum absolute atomic E-state index is 12.4. The summed E-state index contributed by atoms with van der Waals surface area (Å²) in [6.45, 7) is 0. The maximum atomic E-state index is 12.4. The van der Waals surface area contributed by atoms with E-state index in [1.165, 1.54) is 0 Å². The van der Waals surface area contributed by atoms with Crippen LogP contribution in [0.5, 0.6) is 0 Å². The Balaban J connectivity index is 1.72. The number of pyridine rings is 1. The molecule has 0 saturated heterocycles. The molecule has 0 atom stereocenters. The number of nitrogens with two attached hydrogens (primary N) is 1. The summed E-state index contributed by atoms with van der Waals surface area (Å²) in [7, 11) is 0. The van der Waals surface area contributed by atoms with E-state index in [0.717, 1.165) is 11.3 Å². The maximum Gasteiger partial charge on any atom is 0.255 e. The number of nitrogen functional groups attached to an aromatic ring is 1. The van der Waals surface area contributed by atoms with Crippen molar-refractivity contribution in [3.8, 4) is 11.3 Å². The van der Waals surface area contributed by atoms with Crippen LogP contribution in [-0.2, 0) is 0 Å². The van der Waals surface area contributed by atoms with Crippen molar-refractivity contribution in [3.63, 3.8) is 0 Å². The van der Waals surface area contributed by atoms with Crippen LogP contribution in [0.2, 0.25) is 0 Å². The Morgan fingerprint density at radius 3 is 2.48 bits per heavy atom. The highest BCUT2D eigenvalue weighted by atomic mass is 16.1. The molecule has 1 amide bonds. The average molecular weight is 328 g/mol. The van der Waals surface area contributed by atoms with E-state index < -0.39 is 0 Å². The van der Waals surface area contributed by atoms with Gasteiger partial charge in [0, 0.05) is 23.0 Å². The number of fused-ring (bicyclic) bond motifs is 1. The van der Waals surface area contributed by atoms with Gasteiger partial charge in [-0.25, -0.2) is 4.98 Å². The molecule has 5 heteroatoms. The zero-order chi connectivity index (χ0) is 17.2. The summed E-state index contributed by atoms with van der Waals surface area (Å²) in [6.07, 6.45) is 3.71. The zero-order valence-corrected chi connectivity index (χ0v) is 13.4. The number of anilines is 2. The molecule has 25 heavy (non-hydrogen) atoms. The van der Waals surface area contributed by atoms with Gasteiger partial charge >= 0.3 is 0 Å². The molecule has 4 aromatic rings.